The minimum absolute atomic E-state index is 0.0908. The highest BCUT2D eigenvalue weighted by molar-refractivity contribution is 6.16. The molecule has 1 heterocycles. The van der Waals surface area contributed by atoms with Gasteiger partial charge in [0.05, 0.1) is 18.3 Å². The highest BCUT2D eigenvalue weighted by atomic mass is 16.5. The summed E-state index contributed by atoms with van der Waals surface area (Å²) in [6.07, 6.45) is 1.54. The molecular weight excluding hydrogens is 246 g/mol. The summed E-state index contributed by atoms with van der Waals surface area (Å²) in [5, 5.41) is 12.0. The summed E-state index contributed by atoms with van der Waals surface area (Å²) < 4.78 is 4.67. The molecule has 1 aliphatic rings. The van der Waals surface area contributed by atoms with E-state index in [1.165, 1.54) is 25.3 Å². The molecule has 1 amide bonds. The summed E-state index contributed by atoms with van der Waals surface area (Å²) in [6, 6.07) is 6.41. The van der Waals surface area contributed by atoms with Crippen molar-refractivity contribution in [2.45, 2.75) is 6.92 Å². The Morgan fingerprint density at radius 2 is 2.16 bits per heavy atom. The molecule has 0 aliphatic carbocycles. The van der Waals surface area contributed by atoms with Crippen molar-refractivity contribution in [3.8, 4) is 5.75 Å². The SMILES string of the molecule is COC(=O)C1=C(C)NC(=O)/C1=C\c1cccc(O)c1. The third kappa shape index (κ3) is 2.49. The van der Waals surface area contributed by atoms with Crippen LogP contribution in [-0.2, 0) is 14.3 Å². The van der Waals surface area contributed by atoms with E-state index in [-0.39, 0.29) is 22.8 Å². The number of rotatable bonds is 2. The Kier molecular flexibility index (Phi) is 3.37. The lowest BCUT2D eigenvalue weighted by Crippen LogP contribution is -2.15. The molecule has 1 aromatic rings. The van der Waals surface area contributed by atoms with Crippen LogP contribution in [0.5, 0.6) is 5.75 Å². The summed E-state index contributed by atoms with van der Waals surface area (Å²) in [5.74, 6) is -0.837. The average Bonchev–Trinajstić information content (AvgIpc) is 2.63. The van der Waals surface area contributed by atoms with Crippen LogP contribution in [-0.4, -0.2) is 24.1 Å². The van der Waals surface area contributed by atoms with Crippen molar-refractivity contribution in [3.05, 3.63) is 46.7 Å². The first-order chi connectivity index (χ1) is 9.02. The number of aromatic hydroxyl groups is 1. The van der Waals surface area contributed by atoms with Gasteiger partial charge in [-0.3, -0.25) is 4.79 Å². The van der Waals surface area contributed by atoms with Crippen LogP contribution in [0.3, 0.4) is 0 Å². The third-order valence-corrected chi connectivity index (χ3v) is 2.76. The van der Waals surface area contributed by atoms with Gasteiger partial charge in [0.15, 0.2) is 0 Å². The number of nitrogens with one attached hydrogen (secondary N) is 1. The van der Waals surface area contributed by atoms with Crippen LogP contribution in [0.2, 0.25) is 0 Å². The van der Waals surface area contributed by atoms with Gasteiger partial charge in [-0.05, 0) is 30.7 Å². The fourth-order valence-electron chi connectivity index (χ4n) is 1.90. The number of hydrogen-bond acceptors (Lipinski definition) is 4. The van der Waals surface area contributed by atoms with Crippen LogP contribution in [0, 0.1) is 0 Å². The molecule has 0 atom stereocenters. The number of allylic oxidation sites excluding steroid dienone is 1. The van der Waals surface area contributed by atoms with E-state index in [0.717, 1.165) is 0 Å². The number of carbonyl (C=O) groups excluding carboxylic acids is 2. The summed E-state index contributed by atoms with van der Waals surface area (Å²) in [6.45, 7) is 1.63. The van der Waals surface area contributed by atoms with E-state index >= 15 is 0 Å². The molecule has 0 fully saturated rings. The molecule has 5 nitrogen and oxygen atoms in total. The Hall–Kier alpha value is -2.56. The fraction of sp³-hybridized carbons (Fsp3) is 0.143. The van der Waals surface area contributed by atoms with Gasteiger partial charge in [-0.1, -0.05) is 12.1 Å². The smallest absolute Gasteiger partial charge is 0.340 e. The van der Waals surface area contributed by atoms with Gasteiger partial charge in [-0.15, -0.1) is 0 Å². The lowest BCUT2D eigenvalue weighted by Gasteiger charge is -2.02. The Balaban J connectivity index is 2.47. The number of benzene rings is 1. The van der Waals surface area contributed by atoms with E-state index in [9.17, 15) is 14.7 Å². The second-order valence-corrected chi connectivity index (χ2v) is 4.10. The number of ether oxygens (including phenoxy) is 1. The van der Waals surface area contributed by atoms with Crippen LogP contribution in [0.25, 0.3) is 6.08 Å². The maximum Gasteiger partial charge on any atom is 0.340 e. The normalized spacial score (nSPS) is 16.7. The minimum atomic E-state index is -0.567. The lowest BCUT2D eigenvalue weighted by molar-refractivity contribution is -0.136. The van der Waals surface area contributed by atoms with Crippen molar-refractivity contribution >= 4 is 18.0 Å². The Morgan fingerprint density at radius 1 is 1.42 bits per heavy atom. The minimum Gasteiger partial charge on any atom is -0.508 e. The number of carbonyl (C=O) groups is 2. The van der Waals surface area contributed by atoms with Gasteiger partial charge < -0.3 is 15.2 Å². The monoisotopic (exact) mass is 259 g/mol. The van der Waals surface area contributed by atoms with E-state index in [1.807, 2.05) is 0 Å². The molecule has 19 heavy (non-hydrogen) atoms. The van der Waals surface area contributed by atoms with Crippen LogP contribution < -0.4 is 5.32 Å². The lowest BCUT2D eigenvalue weighted by atomic mass is 10.0. The van der Waals surface area contributed by atoms with Crippen LogP contribution in [0.15, 0.2) is 41.1 Å². The van der Waals surface area contributed by atoms with Crippen LogP contribution in [0.1, 0.15) is 12.5 Å². The first kappa shape index (κ1) is 12.9. The largest absolute Gasteiger partial charge is 0.508 e. The second-order valence-electron chi connectivity index (χ2n) is 4.10. The van der Waals surface area contributed by atoms with Gasteiger partial charge >= 0.3 is 5.97 Å². The van der Waals surface area contributed by atoms with Crippen molar-refractivity contribution in [2.75, 3.05) is 7.11 Å². The maximum atomic E-state index is 11.8. The third-order valence-electron chi connectivity index (χ3n) is 2.76. The molecule has 1 aliphatic heterocycles. The van der Waals surface area contributed by atoms with E-state index in [2.05, 4.69) is 10.1 Å². The van der Waals surface area contributed by atoms with Gasteiger partial charge in [-0.25, -0.2) is 4.79 Å². The number of phenols is 1. The fourth-order valence-corrected chi connectivity index (χ4v) is 1.90. The van der Waals surface area contributed by atoms with Gasteiger partial charge in [0.25, 0.3) is 5.91 Å². The van der Waals surface area contributed by atoms with Crippen molar-refractivity contribution in [1.82, 2.24) is 5.32 Å². The number of hydrogen-bond donors (Lipinski definition) is 2. The molecule has 0 bridgehead atoms. The molecule has 2 N–H and O–H groups in total. The summed E-state index contributed by atoms with van der Waals surface area (Å²) in [4.78, 5) is 23.5. The van der Waals surface area contributed by atoms with Gasteiger partial charge in [0.2, 0.25) is 0 Å². The molecule has 0 saturated heterocycles. The molecule has 0 radical (unpaired) electrons. The molecule has 2 rings (SSSR count). The Morgan fingerprint density at radius 3 is 2.79 bits per heavy atom. The van der Waals surface area contributed by atoms with Gasteiger partial charge in [0.1, 0.15) is 5.75 Å². The quantitative estimate of drug-likeness (QED) is 0.621. The van der Waals surface area contributed by atoms with E-state index in [0.29, 0.717) is 11.3 Å². The van der Waals surface area contributed by atoms with E-state index in [4.69, 9.17) is 0 Å². The Labute approximate surface area is 110 Å². The van der Waals surface area contributed by atoms with Crippen molar-refractivity contribution in [2.24, 2.45) is 0 Å². The first-order valence-electron chi connectivity index (χ1n) is 5.64. The summed E-state index contributed by atoms with van der Waals surface area (Å²) in [5.41, 5.74) is 1.54. The van der Waals surface area contributed by atoms with Crippen molar-refractivity contribution in [1.29, 1.82) is 0 Å². The van der Waals surface area contributed by atoms with Crippen molar-refractivity contribution in [3.63, 3.8) is 0 Å². The molecule has 5 heteroatoms. The number of amides is 1. The van der Waals surface area contributed by atoms with Crippen molar-refractivity contribution < 1.29 is 19.4 Å². The molecule has 0 saturated carbocycles. The molecular formula is C14H13NO4. The molecule has 0 spiro atoms. The number of methoxy groups -OCH3 is 1. The topological polar surface area (TPSA) is 75.6 Å². The zero-order chi connectivity index (χ0) is 14.0. The Bertz CT molecular complexity index is 614. The van der Waals surface area contributed by atoms with Gasteiger partial charge in [0, 0.05) is 5.70 Å². The summed E-state index contributed by atoms with van der Waals surface area (Å²) in [7, 11) is 1.26. The average molecular weight is 259 g/mol. The first-order valence-corrected chi connectivity index (χ1v) is 5.64. The zero-order valence-electron chi connectivity index (χ0n) is 10.6. The maximum absolute atomic E-state index is 11.8. The van der Waals surface area contributed by atoms with Crippen LogP contribution in [0.4, 0.5) is 0 Å². The molecule has 98 valence electrons. The highest BCUT2D eigenvalue weighted by Crippen LogP contribution is 2.25. The summed E-state index contributed by atoms with van der Waals surface area (Å²) >= 11 is 0. The van der Waals surface area contributed by atoms with E-state index < -0.39 is 5.97 Å². The predicted octanol–water partition coefficient (Wildman–Crippen LogP) is 1.35. The zero-order valence-corrected chi connectivity index (χ0v) is 10.6. The number of phenolic OH excluding ortho intramolecular Hbond substituents is 1. The van der Waals surface area contributed by atoms with E-state index in [1.54, 1.807) is 19.1 Å². The standard InChI is InChI=1S/C14H13NO4/c1-8-12(14(18)19-2)11(13(17)15-8)7-9-4-3-5-10(16)6-9/h3-7,16H,1-2H3,(H,15,17)/b11-7-. The van der Waals surface area contributed by atoms with Crippen LogP contribution >= 0.6 is 0 Å². The van der Waals surface area contributed by atoms with Gasteiger partial charge in [-0.2, -0.15) is 0 Å². The number of esters is 1. The second kappa shape index (κ2) is 4.97. The molecule has 0 unspecified atom stereocenters. The molecule has 1 aromatic carbocycles. The molecule has 0 aromatic heterocycles. The highest BCUT2D eigenvalue weighted by Gasteiger charge is 2.30. The predicted molar refractivity (Wildman–Crippen MR) is 68.9 cm³/mol.